The highest BCUT2D eigenvalue weighted by Crippen LogP contribution is 2.42. The number of aromatic nitrogens is 3. The van der Waals surface area contributed by atoms with Crippen LogP contribution in [0.5, 0.6) is 11.6 Å². The number of aromatic hydroxyl groups is 2. The highest BCUT2D eigenvalue weighted by atomic mass is 32.1. The topological polar surface area (TPSA) is 100 Å². The molecule has 2 aromatic carbocycles. The number of carbonyl (C=O) groups is 1. The monoisotopic (exact) mass is 434 g/mol. The standard InChI is InChI=1S/C22H15FN4O3S/c23-13-5-3-12(4-6-13)10-27-11-15-16(20(29)26-22-25-8-9-31-22)14-2-1-7-24-18(14)19(28)17(15)21(27)30/h1-9,11,28,30H,10H2,(H,25,26,29). The van der Waals surface area contributed by atoms with Gasteiger partial charge in [0.1, 0.15) is 11.3 Å². The molecule has 3 N–H and O–H groups in total. The molecule has 9 heteroatoms. The number of nitrogens with zero attached hydrogens (tertiary/aromatic N) is 3. The van der Waals surface area contributed by atoms with E-state index in [1.807, 2.05) is 0 Å². The Morgan fingerprint density at radius 2 is 1.90 bits per heavy atom. The minimum atomic E-state index is -0.433. The lowest BCUT2D eigenvalue weighted by Gasteiger charge is -2.10. The predicted molar refractivity (Wildman–Crippen MR) is 116 cm³/mol. The highest BCUT2D eigenvalue weighted by molar-refractivity contribution is 7.13. The third-order valence-corrected chi connectivity index (χ3v) is 5.69. The summed E-state index contributed by atoms with van der Waals surface area (Å²) in [6, 6.07) is 9.23. The number of benzene rings is 2. The van der Waals surface area contributed by atoms with E-state index in [0.717, 1.165) is 5.56 Å². The van der Waals surface area contributed by atoms with E-state index < -0.39 is 5.91 Å². The fourth-order valence-electron chi connectivity index (χ4n) is 3.62. The van der Waals surface area contributed by atoms with Gasteiger partial charge in [0, 0.05) is 34.7 Å². The second-order valence-corrected chi connectivity index (χ2v) is 7.80. The van der Waals surface area contributed by atoms with Gasteiger partial charge in [-0.05, 0) is 23.8 Å². The zero-order valence-corrected chi connectivity index (χ0v) is 16.7. The second-order valence-electron chi connectivity index (χ2n) is 6.91. The average molecular weight is 434 g/mol. The van der Waals surface area contributed by atoms with Crippen LogP contribution in [0.3, 0.4) is 0 Å². The number of fused-ring (bicyclic) bond motifs is 2. The third-order valence-electron chi connectivity index (χ3n) is 5.00. The number of phenolic OH excluding ortho intramolecular Hbond substituents is 1. The molecule has 31 heavy (non-hydrogen) atoms. The van der Waals surface area contributed by atoms with Crippen molar-refractivity contribution >= 4 is 44.1 Å². The molecule has 0 saturated carbocycles. The first-order valence-corrected chi connectivity index (χ1v) is 10.2. The molecule has 0 atom stereocenters. The number of rotatable bonds is 4. The minimum Gasteiger partial charge on any atom is -0.505 e. The number of pyridine rings is 1. The van der Waals surface area contributed by atoms with Crippen LogP contribution in [0.15, 0.2) is 60.4 Å². The van der Waals surface area contributed by atoms with Crippen LogP contribution in [0.2, 0.25) is 0 Å². The van der Waals surface area contributed by atoms with Crippen molar-refractivity contribution in [1.82, 2.24) is 14.5 Å². The smallest absolute Gasteiger partial charge is 0.258 e. The first-order chi connectivity index (χ1) is 15.0. The van der Waals surface area contributed by atoms with E-state index in [1.54, 1.807) is 42.0 Å². The summed E-state index contributed by atoms with van der Waals surface area (Å²) in [6.45, 7) is 0.220. The zero-order chi connectivity index (χ0) is 21.5. The van der Waals surface area contributed by atoms with Crippen molar-refractivity contribution in [2.75, 3.05) is 5.32 Å². The summed E-state index contributed by atoms with van der Waals surface area (Å²) >= 11 is 1.28. The van der Waals surface area contributed by atoms with E-state index in [9.17, 15) is 19.4 Å². The van der Waals surface area contributed by atoms with Crippen molar-refractivity contribution in [2.45, 2.75) is 6.54 Å². The third kappa shape index (κ3) is 3.24. The fraction of sp³-hybridized carbons (Fsp3) is 0.0455. The van der Waals surface area contributed by atoms with Crippen molar-refractivity contribution < 1.29 is 19.4 Å². The number of hydrogen-bond donors (Lipinski definition) is 3. The molecule has 5 rings (SSSR count). The maximum Gasteiger partial charge on any atom is 0.258 e. The van der Waals surface area contributed by atoms with E-state index in [0.29, 0.717) is 15.9 Å². The van der Waals surface area contributed by atoms with Crippen LogP contribution >= 0.6 is 11.3 Å². The maximum atomic E-state index is 13.2. The maximum absolute atomic E-state index is 13.2. The Morgan fingerprint density at radius 1 is 1.10 bits per heavy atom. The molecular weight excluding hydrogens is 419 g/mol. The predicted octanol–water partition coefficient (Wildman–Crippen LogP) is 4.50. The summed E-state index contributed by atoms with van der Waals surface area (Å²) in [5.74, 6) is -1.22. The van der Waals surface area contributed by atoms with E-state index in [2.05, 4.69) is 15.3 Å². The molecule has 1 amide bonds. The number of halogens is 1. The Bertz CT molecular complexity index is 1430. The summed E-state index contributed by atoms with van der Waals surface area (Å²) in [6.07, 6.45) is 4.68. The SMILES string of the molecule is O=C(Nc1nccs1)c1c2cccnc2c(O)c2c(O)n(Cc3ccc(F)cc3)cc12. The van der Waals surface area contributed by atoms with Gasteiger partial charge in [-0.1, -0.05) is 18.2 Å². The molecule has 3 aromatic heterocycles. The Balaban J connectivity index is 1.72. The molecular formula is C22H15FN4O3S. The van der Waals surface area contributed by atoms with Crippen molar-refractivity contribution in [3.8, 4) is 11.6 Å². The molecule has 0 bridgehead atoms. The lowest BCUT2D eigenvalue weighted by Crippen LogP contribution is -2.13. The van der Waals surface area contributed by atoms with Crippen LogP contribution in [0.1, 0.15) is 15.9 Å². The van der Waals surface area contributed by atoms with Gasteiger partial charge in [0.25, 0.3) is 5.91 Å². The van der Waals surface area contributed by atoms with Gasteiger partial charge in [0.2, 0.25) is 5.88 Å². The fourth-order valence-corrected chi connectivity index (χ4v) is 4.15. The largest absolute Gasteiger partial charge is 0.505 e. The Kier molecular flexibility index (Phi) is 4.52. The second kappa shape index (κ2) is 7.37. The van der Waals surface area contributed by atoms with Crippen LogP contribution in [-0.4, -0.2) is 30.7 Å². The number of phenols is 1. The molecule has 0 aliphatic heterocycles. The van der Waals surface area contributed by atoms with E-state index in [1.165, 1.54) is 34.2 Å². The Labute approximate surface area is 179 Å². The molecule has 0 saturated heterocycles. The van der Waals surface area contributed by atoms with Crippen LogP contribution < -0.4 is 5.32 Å². The quantitative estimate of drug-likeness (QED) is 0.387. The number of anilines is 1. The zero-order valence-electron chi connectivity index (χ0n) is 15.9. The van der Waals surface area contributed by atoms with Gasteiger partial charge in [-0.25, -0.2) is 9.37 Å². The summed E-state index contributed by atoms with van der Waals surface area (Å²) in [5.41, 5.74) is 1.21. The van der Waals surface area contributed by atoms with Gasteiger partial charge in [-0.3, -0.25) is 15.1 Å². The Morgan fingerprint density at radius 3 is 2.65 bits per heavy atom. The summed E-state index contributed by atoms with van der Waals surface area (Å²) < 4.78 is 14.7. The number of carbonyl (C=O) groups excluding carboxylic acids is 1. The van der Waals surface area contributed by atoms with Gasteiger partial charge < -0.3 is 14.8 Å². The highest BCUT2D eigenvalue weighted by Gasteiger charge is 2.25. The van der Waals surface area contributed by atoms with Gasteiger partial charge in [0.15, 0.2) is 10.9 Å². The van der Waals surface area contributed by atoms with Gasteiger partial charge in [0.05, 0.1) is 17.5 Å². The molecule has 0 unspecified atom stereocenters. The molecule has 0 spiro atoms. The average Bonchev–Trinajstić information content (AvgIpc) is 3.38. The van der Waals surface area contributed by atoms with Crippen molar-refractivity contribution in [2.24, 2.45) is 0 Å². The summed E-state index contributed by atoms with van der Waals surface area (Å²) in [4.78, 5) is 21.5. The summed E-state index contributed by atoms with van der Waals surface area (Å²) in [5, 5.41) is 27.6. The molecule has 7 nitrogen and oxygen atoms in total. The van der Waals surface area contributed by atoms with Crippen molar-refractivity contribution in [3.63, 3.8) is 0 Å². The van der Waals surface area contributed by atoms with Crippen LogP contribution in [-0.2, 0) is 6.54 Å². The van der Waals surface area contributed by atoms with Crippen molar-refractivity contribution in [3.05, 3.63) is 77.3 Å². The summed E-state index contributed by atoms with van der Waals surface area (Å²) in [7, 11) is 0. The van der Waals surface area contributed by atoms with Crippen molar-refractivity contribution in [1.29, 1.82) is 0 Å². The number of nitrogens with one attached hydrogen (secondary N) is 1. The van der Waals surface area contributed by atoms with Crippen LogP contribution in [0.25, 0.3) is 21.7 Å². The Hall–Kier alpha value is -3.98. The molecule has 154 valence electrons. The number of thiazole rings is 1. The molecule has 0 aliphatic rings. The lowest BCUT2D eigenvalue weighted by atomic mass is 10.0. The molecule has 5 aromatic rings. The van der Waals surface area contributed by atoms with Gasteiger partial charge in [-0.2, -0.15) is 0 Å². The molecule has 3 heterocycles. The van der Waals surface area contributed by atoms with Gasteiger partial charge in [-0.15, -0.1) is 11.3 Å². The molecule has 0 radical (unpaired) electrons. The number of hydrogen-bond acceptors (Lipinski definition) is 6. The van der Waals surface area contributed by atoms with E-state index in [-0.39, 0.29) is 40.5 Å². The normalized spacial score (nSPS) is 11.3. The minimum absolute atomic E-state index is 0.123. The molecule has 0 fully saturated rings. The van der Waals surface area contributed by atoms with E-state index >= 15 is 0 Å². The molecule has 0 aliphatic carbocycles. The first kappa shape index (κ1) is 19.0. The van der Waals surface area contributed by atoms with Crippen LogP contribution in [0, 0.1) is 5.82 Å². The van der Waals surface area contributed by atoms with Crippen LogP contribution in [0.4, 0.5) is 9.52 Å². The lowest BCUT2D eigenvalue weighted by molar-refractivity contribution is 0.103. The van der Waals surface area contributed by atoms with Gasteiger partial charge >= 0.3 is 0 Å². The first-order valence-electron chi connectivity index (χ1n) is 9.29. The number of amides is 1. The van der Waals surface area contributed by atoms with E-state index in [4.69, 9.17) is 0 Å².